The first-order chi connectivity index (χ1) is 9.50. The second-order valence-corrected chi connectivity index (χ2v) is 6.32. The predicted molar refractivity (Wildman–Crippen MR) is 75.2 cm³/mol. The number of aliphatic carboxylic acids is 1. The Morgan fingerprint density at radius 1 is 1.35 bits per heavy atom. The number of amides is 2. The van der Waals surface area contributed by atoms with Crippen LogP contribution in [-0.4, -0.2) is 51.0 Å². The van der Waals surface area contributed by atoms with E-state index in [9.17, 15) is 19.5 Å². The number of carbonyl (C=O) groups is 3. The quantitative estimate of drug-likeness (QED) is 0.802. The van der Waals surface area contributed by atoms with Crippen molar-refractivity contribution in [3.05, 3.63) is 0 Å². The van der Waals surface area contributed by atoms with Gasteiger partial charge in [0.1, 0.15) is 11.6 Å². The van der Waals surface area contributed by atoms with Crippen molar-refractivity contribution in [2.24, 2.45) is 0 Å². The van der Waals surface area contributed by atoms with Gasteiger partial charge in [-0.2, -0.15) is 0 Å². The van der Waals surface area contributed by atoms with Crippen LogP contribution in [0.3, 0.4) is 0 Å². The Hall–Kier alpha value is -1.24. The summed E-state index contributed by atoms with van der Waals surface area (Å²) in [5, 5.41) is 12.1. The number of nitrogens with zero attached hydrogens (tertiary/aromatic N) is 1. The monoisotopic (exact) mass is 300 g/mol. The zero-order valence-electron chi connectivity index (χ0n) is 11.6. The van der Waals surface area contributed by atoms with Gasteiger partial charge in [0.25, 0.3) is 0 Å². The maximum Gasteiger partial charge on any atom is 0.329 e. The van der Waals surface area contributed by atoms with E-state index in [-0.39, 0.29) is 11.8 Å². The van der Waals surface area contributed by atoms with Crippen molar-refractivity contribution in [2.75, 3.05) is 11.6 Å². The molecule has 1 saturated heterocycles. The molecule has 2 fully saturated rings. The normalized spacial score (nSPS) is 24.6. The van der Waals surface area contributed by atoms with E-state index in [4.69, 9.17) is 0 Å². The molecule has 1 unspecified atom stereocenters. The summed E-state index contributed by atoms with van der Waals surface area (Å²) in [5.74, 6) is -0.326. The first-order valence-electron chi connectivity index (χ1n) is 6.93. The van der Waals surface area contributed by atoms with Crippen LogP contribution in [0.25, 0.3) is 0 Å². The highest BCUT2D eigenvalue weighted by Gasteiger charge is 2.45. The summed E-state index contributed by atoms with van der Waals surface area (Å²) in [5.41, 5.74) is -1.13. The number of thioether (sulfide) groups is 1. The average Bonchev–Trinajstić information content (AvgIpc) is 3.06. The van der Waals surface area contributed by atoms with E-state index in [0.717, 1.165) is 12.8 Å². The van der Waals surface area contributed by atoms with E-state index in [2.05, 4.69) is 5.32 Å². The fourth-order valence-electron chi connectivity index (χ4n) is 2.80. The van der Waals surface area contributed by atoms with Crippen LogP contribution in [0, 0.1) is 0 Å². The number of hydrogen-bond acceptors (Lipinski definition) is 4. The summed E-state index contributed by atoms with van der Waals surface area (Å²) in [6.45, 7) is 1.76. The molecule has 2 amide bonds. The summed E-state index contributed by atoms with van der Waals surface area (Å²) < 4.78 is 0. The van der Waals surface area contributed by atoms with Crippen LogP contribution >= 0.6 is 11.8 Å². The molecular formula is C13H20N2O4S. The Kier molecular flexibility index (Phi) is 4.57. The first-order valence-corrected chi connectivity index (χ1v) is 8.08. The molecular weight excluding hydrogens is 280 g/mol. The van der Waals surface area contributed by atoms with Gasteiger partial charge >= 0.3 is 5.97 Å². The third-order valence-electron chi connectivity index (χ3n) is 4.04. The Morgan fingerprint density at radius 2 is 2.00 bits per heavy atom. The van der Waals surface area contributed by atoms with E-state index < -0.39 is 17.6 Å². The third kappa shape index (κ3) is 2.77. The Labute approximate surface area is 122 Å². The van der Waals surface area contributed by atoms with Crippen LogP contribution in [-0.2, 0) is 14.4 Å². The molecule has 20 heavy (non-hydrogen) atoms. The van der Waals surface area contributed by atoms with Gasteiger partial charge in [-0.1, -0.05) is 19.8 Å². The van der Waals surface area contributed by atoms with Crippen molar-refractivity contribution in [1.29, 1.82) is 0 Å². The van der Waals surface area contributed by atoms with Gasteiger partial charge in [0.15, 0.2) is 0 Å². The number of carboxylic acid groups (broad SMARTS) is 1. The minimum atomic E-state index is -1.13. The van der Waals surface area contributed by atoms with E-state index in [0.29, 0.717) is 30.9 Å². The molecule has 0 bridgehead atoms. The van der Waals surface area contributed by atoms with Crippen LogP contribution < -0.4 is 5.32 Å². The lowest BCUT2D eigenvalue weighted by atomic mass is 9.97. The molecule has 1 aliphatic carbocycles. The summed E-state index contributed by atoms with van der Waals surface area (Å²) in [6.07, 6.45) is 2.91. The molecule has 0 aromatic heterocycles. The molecule has 0 aromatic carbocycles. The highest BCUT2D eigenvalue weighted by atomic mass is 32.2. The van der Waals surface area contributed by atoms with Crippen LogP contribution in [0.15, 0.2) is 0 Å². The lowest BCUT2D eigenvalue weighted by Gasteiger charge is -2.29. The summed E-state index contributed by atoms with van der Waals surface area (Å²) >= 11 is 1.52. The smallest absolute Gasteiger partial charge is 0.329 e. The molecule has 1 saturated carbocycles. The molecule has 6 nitrogen and oxygen atoms in total. The van der Waals surface area contributed by atoms with Crippen LogP contribution in [0.4, 0.5) is 0 Å². The van der Waals surface area contributed by atoms with Gasteiger partial charge in [-0.3, -0.25) is 9.59 Å². The lowest BCUT2D eigenvalue weighted by molar-refractivity contribution is -0.148. The average molecular weight is 300 g/mol. The standard InChI is InChI=1S/C13H20N2O4S/c1-2-10(16)15-8-20-7-9(15)11(17)14-13(12(18)19)5-3-4-6-13/h9H,2-8H2,1H3,(H,14,17)(H,18,19). The van der Waals surface area contributed by atoms with Gasteiger partial charge in [-0.15, -0.1) is 11.8 Å². The molecule has 112 valence electrons. The molecule has 1 aliphatic heterocycles. The van der Waals surface area contributed by atoms with Gasteiger partial charge in [-0.05, 0) is 12.8 Å². The van der Waals surface area contributed by atoms with Crippen molar-refractivity contribution in [2.45, 2.75) is 50.6 Å². The molecule has 0 radical (unpaired) electrons. The summed E-state index contributed by atoms with van der Waals surface area (Å²) in [6, 6.07) is -0.538. The van der Waals surface area contributed by atoms with Crippen molar-refractivity contribution < 1.29 is 19.5 Å². The topological polar surface area (TPSA) is 86.7 Å². The molecule has 0 spiro atoms. The SMILES string of the molecule is CCC(=O)N1CSCC1C(=O)NC1(C(=O)O)CCCC1. The zero-order chi connectivity index (χ0) is 14.8. The third-order valence-corrected chi connectivity index (χ3v) is 5.05. The second-order valence-electron chi connectivity index (χ2n) is 5.32. The summed E-state index contributed by atoms with van der Waals surface area (Å²) in [7, 11) is 0. The number of nitrogens with one attached hydrogen (secondary N) is 1. The fraction of sp³-hybridized carbons (Fsp3) is 0.769. The van der Waals surface area contributed by atoms with Crippen LogP contribution in [0.5, 0.6) is 0 Å². The number of carbonyl (C=O) groups excluding carboxylic acids is 2. The molecule has 7 heteroatoms. The minimum absolute atomic E-state index is 0.0639. The fourth-order valence-corrected chi connectivity index (χ4v) is 3.98. The van der Waals surface area contributed by atoms with Crippen LogP contribution in [0.1, 0.15) is 39.0 Å². The van der Waals surface area contributed by atoms with Gasteiger partial charge < -0.3 is 15.3 Å². The minimum Gasteiger partial charge on any atom is -0.480 e. The maximum atomic E-state index is 12.4. The molecule has 1 atom stereocenters. The highest BCUT2D eigenvalue weighted by molar-refractivity contribution is 7.99. The largest absolute Gasteiger partial charge is 0.480 e. The van der Waals surface area contributed by atoms with E-state index in [1.807, 2.05) is 0 Å². The van der Waals surface area contributed by atoms with Gasteiger partial charge in [0, 0.05) is 12.2 Å². The predicted octanol–water partition coefficient (Wildman–Crippen LogP) is 0.811. The van der Waals surface area contributed by atoms with E-state index >= 15 is 0 Å². The van der Waals surface area contributed by atoms with Crippen LogP contribution in [0.2, 0.25) is 0 Å². The Morgan fingerprint density at radius 3 is 2.55 bits per heavy atom. The van der Waals surface area contributed by atoms with Gasteiger partial charge in [0.05, 0.1) is 5.88 Å². The number of hydrogen-bond donors (Lipinski definition) is 2. The Balaban J connectivity index is 2.07. The van der Waals surface area contributed by atoms with E-state index in [1.165, 1.54) is 11.8 Å². The summed E-state index contributed by atoms with van der Waals surface area (Å²) in [4.78, 5) is 37.1. The molecule has 1 heterocycles. The zero-order valence-corrected chi connectivity index (χ0v) is 12.4. The lowest BCUT2D eigenvalue weighted by Crippen LogP contribution is -2.58. The Bertz CT molecular complexity index is 421. The highest BCUT2D eigenvalue weighted by Crippen LogP contribution is 2.31. The first kappa shape index (κ1) is 15.2. The maximum absolute atomic E-state index is 12.4. The molecule has 2 rings (SSSR count). The van der Waals surface area contributed by atoms with Gasteiger partial charge in [-0.25, -0.2) is 4.79 Å². The van der Waals surface area contributed by atoms with Crippen molar-refractivity contribution >= 4 is 29.5 Å². The molecule has 2 aliphatic rings. The molecule has 0 aromatic rings. The molecule has 2 N–H and O–H groups in total. The van der Waals surface area contributed by atoms with Gasteiger partial charge in [0.2, 0.25) is 11.8 Å². The van der Waals surface area contributed by atoms with E-state index in [1.54, 1.807) is 11.8 Å². The van der Waals surface area contributed by atoms with Crippen molar-refractivity contribution in [3.63, 3.8) is 0 Å². The number of carboxylic acids is 1. The van der Waals surface area contributed by atoms with Crippen molar-refractivity contribution in [3.8, 4) is 0 Å². The van der Waals surface area contributed by atoms with Crippen molar-refractivity contribution in [1.82, 2.24) is 10.2 Å². The second kappa shape index (κ2) is 6.03. The number of rotatable bonds is 4.